The van der Waals surface area contributed by atoms with Crippen LogP contribution < -0.4 is 15.4 Å². The van der Waals surface area contributed by atoms with E-state index in [9.17, 15) is 23.1 Å². The number of ether oxygens (including phenoxy) is 1. The van der Waals surface area contributed by atoms with Gasteiger partial charge in [-0.2, -0.15) is 0 Å². The molecule has 1 atom stereocenters. The van der Waals surface area contributed by atoms with Crippen molar-refractivity contribution in [1.82, 2.24) is 5.32 Å². The summed E-state index contributed by atoms with van der Waals surface area (Å²) in [5.41, 5.74) is -0.456. The van der Waals surface area contributed by atoms with Gasteiger partial charge >= 0.3 is 12.4 Å². The Morgan fingerprint density at radius 3 is 2.29 bits per heavy atom. The van der Waals surface area contributed by atoms with Crippen LogP contribution in [0.25, 0.3) is 0 Å². The zero-order chi connectivity index (χ0) is 16.1. The Labute approximate surface area is 120 Å². The van der Waals surface area contributed by atoms with Gasteiger partial charge in [0, 0.05) is 5.69 Å². The van der Waals surface area contributed by atoms with E-state index in [-0.39, 0.29) is 12.4 Å². The molecule has 0 saturated heterocycles. The minimum absolute atomic E-state index is 0.227. The number of halogens is 3. The summed E-state index contributed by atoms with van der Waals surface area (Å²) >= 11 is 0. The van der Waals surface area contributed by atoms with Crippen molar-refractivity contribution < 1.29 is 27.8 Å². The van der Waals surface area contributed by atoms with Crippen LogP contribution in [0, 0.1) is 0 Å². The molecule has 5 nitrogen and oxygen atoms in total. The van der Waals surface area contributed by atoms with Gasteiger partial charge in [0.1, 0.15) is 5.75 Å². The first kappa shape index (κ1) is 17.1. The summed E-state index contributed by atoms with van der Waals surface area (Å²) in [6.07, 6.45) is -4.23. The predicted molar refractivity (Wildman–Crippen MR) is 71.1 cm³/mol. The van der Waals surface area contributed by atoms with Crippen LogP contribution in [0.2, 0.25) is 0 Å². The molecule has 0 aliphatic rings. The Morgan fingerprint density at radius 1 is 1.29 bits per heavy atom. The number of amides is 2. The quantitative estimate of drug-likeness (QED) is 0.783. The molecule has 1 unspecified atom stereocenters. The Kier molecular flexibility index (Phi) is 5.42. The van der Waals surface area contributed by atoms with Crippen molar-refractivity contribution in [3.8, 4) is 5.75 Å². The van der Waals surface area contributed by atoms with Crippen molar-refractivity contribution in [3.05, 3.63) is 24.3 Å². The fourth-order valence-electron chi connectivity index (χ4n) is 1.42. The highest BCUT2D eigenvalue weighted by Gasteiger charge is 2.31. The molecule has 21 heavy (non-hydrogen) atoms. The van der Waals surface area contributed by atoms with Gasteiger partial charge in [0.15, 0.2) is 0 Å². The normalized spacial score (nSPS) is 14.2. The van der Waals surface area contributed by atoms with Crippen molar-refractivity contribution in [3.63, 3.8) is 0 Å². The monoisotopic (exact) mass is 306 g/mol. The maximum atomic E-state index is 12.0. The van der Waals surface area contributed by atoms with E-state index in [0.717, 1.165) is 12.1 Å². The van der Waals surface area contributed by atoms with Crippen LogP contribution in [0.3, 0.4) is 0 Å². The van der Waals surface area contributed by atoms with Crippen LogP contribution in [0.1, 0.15) is 20.3 Å². The van der Waals surface area contributed by atoms with Gasteiger partial charge < -0.3 is 20.5 Å². The van der Waals surface area contributed by atoms with Crippen LogP contribution >= 0.6 is 0 Å². The van der Waals surface area contributed by atoms with Crippen molar-refractivity contribution in [2.45, 2.75) is 32.2 Å². The van der Waals surface area contributed by atoms with E-state index in [4.69, 9.17) is 0 Å². The number of carbonyl (C=O) groups is 1. The Hall–Kier alpha value is -1.96. The fourth-order valence-corrected chi connectivity index (χ4v) is 1.42. The average Bonchev–Trinajstić information content (AvgIpc) is 2.39. The maximum absolute atomic E-state index is 12.0. The average molecular weight is 306 g/mol. The summed E-state index contributed by atoms with van der Waals surface area (Å²) < 4.78 is 39.7. The van der Waals surface area contributed by atoms with E-state index < -0.39 is 17.9 Å². The van der Waals surface area contributed by atoms with Crippen LogP contribution in [0.5, 0.6) is 5.75 Å². The SMILES string of the molecule is CCC(C)(CO)NC(=O)Nc1ccc(OC(F)(F)F)cc1. The van der Waals surface area contributed by atoms with Crippen molar-refractivity contribution in [2.75, 3.05) is 11.9 Å². The van der Waals surface area contributed by atoms with E-state index in [0.29, 0.717) is 12.1 Å². The lowest BCUT2D eigenvalue weighted by Gasteiger charge is -2.27. The standard InChI is InChI=1S/C13H17F3N2O3/c1-3-12(2,8-19)18-11(20)17-9-4-6-10(7-5-9)21-13(14,15)16/h4-7,19H,3,8H2,1-2H3,(H2,17,18,20). The van der Waals surface area contributed by atoms with Crippen LogP contribution in [0.4, 0.5) is 23.7 Å². The summed E-state index contributed by atoms with van der Waals surface area (Å²) in [6, 6.07) is 4.19. The molecule has 3 N–H and O–H groups in total. The Balaban J connectivity index is 2.62. The van der Waals surface area contributed by atoms with Crippen molar-refractivity contribution in [2.24, 2.45) is 0 Å². The first-order valence-electron chi connectivity index (χ1n) is 6.23. The largest absolute Gasteiger partial charge is 0.573 e. The molecule has 0 saturated carbocycles. The fraction of sp³-hybridized carbons (Fsp3) is 0.462. The van der Waals surface area contributed by atoms with Crippen LogP contribution in [0.15, 0.2) is 24.3 Å². The number of benzene rings is 1. The molecule has 2 amide bonds. The summed E-state index contributed by atoms with van der Waals surface area (Å²) in [6.45, 7) is 3.25. The molecule has 0 aliphatic heterocycles. The molecule has 0 aliphatic carbocycles. The molecule has 0 aromatic heterocycles. The lowest BCUT2D eigenvalue weighted by Crippen LogP contribution is -2.50. The third-order valence-electron chi connectivity index (χ3n) is 2.89. The third kappa shape index (κ3) is 5.90. The highest BCUT2D eigenvalue weighted by Crippen LogP contribution is 2.23. The van der Waals surface area contributed by atoms with Gasteiger partial charge in [-0.25, -0.2) is 4.79 Å². The summed E-state index contributed by atoms with van der Waals surface area (Å²) in [7, 11) is 0. The third-order valence-corrected chi connectivity index (χ3v) is 2.89. The van der Waals surface area contributed by atoms with Gasteiger partial charge in [0.05, 0.1) is 12.1 Å². The number of aliphatic hydroxyl groups excluding tert-OH is 1. The second-order valence-electron chi connectivity index (χ2n) is 4.72. The van der Waals surface area contributed by atoms with E-state index in [1.54, 1.807) is 13.8 Å². The zero-order valence-electron chi connectivity index (χ0n) is 11.6. The smallest absolute Gasteiger partial charge is 0.406 e. The maximum Gasteiger partial charge on any atom is 0.573 e. The minimum Gasteiger partial charge on any atom is -0.406 e. The van der Waals surface area contributed by atoms with Gasteiger partial charge in [-0.3, -0.25) is 0 Å². The number of rotatable bonds is 5. The number of hydrogen-bond acceptors (Lipinski definition) is 3. The molecule has 118 valence electrons. The van der Waals surface area contributed by atoms with Gasteiger partial charge in [-0.15, -0.1) is 13.2 Å². The number of aliphatic hydroxyl groups is 1. The number of hydrogen-bond donors (Lipinski definition) is 3. The first-order chi connectivity index (χ1) is 9.67. The molecule has 1 aromatic rings. The molecule has 0 fully saturated rings. The van der Waals surface area contributed by atoms with E-state index in [2.05, 4.69) is 15.4 Å². The molecule has 1 rings (SSSR count). The Bertz CT molecular complexity index is 471. The lowest BCUT2D eigenvalue weighted by atomic mass is 10.0. The summed E-state index contributed by atoms with van der Waals surface area (Å²) in [5.74, 6) is -0.373. The molecule has 0 bridgehead atoms. The van der Waals surface area contributed by atoms with Crippen LogP contribution in [-0.4, -0.2) is 29.6 Å². The first-order valence-corrected chi connectivity index (χ1v) is 6.23. The number of carbonyl (C=O) groups excluding carboxylic acids is 1. The Morgan fingerprint density at radius 2 is 1.86 bits per heavy atom. The van der Waals surface area contributed by atoms with Gasteiger partial charge in [-0.1, -0.05) is 6.92 Å². The molecule has 0 radical (unpaired) electrons. The topological polar surface area (TPSA) is 70.6 Å². The van der Waals surface area contributed by atoms with E-state index >= 15 is 0 Å². The molecule has 8 heteroatoms. The van der Waals surface area contributed by atoms with Gasteiger partial charge in [0.25, 0.3) is 0 Å². The van der Waals surface area contributed by atoms with Gasteiger partial charge in [-0.05, 0) is 37.6 Å². The number of nitrogens with one attached hydrogen (secondary N) is 2. The number of anilines is 1. The number of alkyl halides is 3. The number of urea groups is 1. The summed E-state index contributed by atoms with van der Waals surface area (Å²) in [5, 5.41) is 14.2. The van der Waals surface area contributed by atoms with Crippen molar-refractivity contribution in [1.29, 1.82) is 0 Å². The highest BCUT2D eigenvalue weighted by atomic mass is 19.4. The van der Waals surface area contributed by atoms with E-state index in [1.807, 2.05) is 0 Å². The molecular weight excluding hydrogens is 289 g/mol. The summed E-state index contributed by atoms with van der Waals surface area (Å²) in [4.78, 5) is 11.7. The molecule has 0 spiro atoms. The zero-order valence-corrected chi connectivity index (χ0v) is 11.6. The van der Waals surface area contributed by atoms with E-state index in [1.165, 1.54) is 12.1 Å². The van der Waals surface area contributed by atoms with Crippen LogP contribution in [-0.2, 0) is 0 Å². The second kappa shape index (κ2) is 6.66. The minimum atomic E-state index is -4.75. The lowest BCUT2D eigenvalue weighted by molar-refractivity contribution is -0.274. The molecule has 1 aromatic carbocycles. The predicted octanol–water partition coefficient (Wildman–Crippen LogP) is 2.87. The van der Waals surface area contributed by atoms with Gasteiger partial charge in [0.2, 0.25) is 0 Å². The molecule has 0 heterocycles. The van der Waals surface area contributed by atoms with Crippen molar-refractivity contribution >= 4 is 11.7 Å². The second-order valence-corrected chi connectivity index (χ2v) is 4.72. The highest BCUT2D eigenvalue weighted by molar-refractivity contribution is 5.89. The molecular formula is C13H17F3N2O3.